The summed E-state index contributed by atoms with van der Waals surface area (Å²) in [7, 11) is 1.94. The predicted octanol–water partition coefficient (Wildman–Crippen LogP) is 1.07. The first-order chi connectivity index (χ1) is 8.34. The van der Waals surface area contributed by atoms with Crippen LogP contribution in [0.4, 0.5) is 0 Å². The van der Waals surface area contributed by atoms with Crippen LogP contribution in [0, 0.1) is 0 Å². The van der Waals surface area contributed by atoms with Crippen LogP contribution in [0.3, 0.4) is 0 Å². The van der Waals surface area contributed by atoms with Gasteiger partial charge in [-0.25, -0.2) is 4.98 Å². The van der Waals surface area contributed by atoms with Gasteiger partial charge in [-0.05, 0) is 25.9 Å². The lowest BCUT2D eigenvalue weighted by Crippen LogP contribution is -2.27. The van der Waals surface area contributed by atoms with Crippen molar-refractivity contribution in [2.45, 2.75) is 18.8 Å². The van der Waals surface area contributed by atoms with Crippen molar-refractivity contribution in [1.82, 2.24) is 24.6 Å². The van der Waals surface area contributed by atoms with Gasteiger partial charge in [-0.15, -0.1) is 0 Å². The lowest BCUT2D eigenvalue weighted by Gasteiger charge is -2.23. The molecule has 3 rings (SSSR count). The zero-order valence-corrected chi connectivity index (χ0v) is 10.0. The molecular weight excluding hydrogens is 214 g/mol. The molecule has 1 aliphatic rings. The second-order valence-corrected chi connectivity index (χ2v) is 4.56. The largest absolute Gasteiger partial charge is 0.317 e. The minimum absolute atomic E-state index is 0.598. The molecule has 1 saturated heterocycles. The first-order valence-electron chi connectivity index (χ1n) is 6.07. The Labute approximate surface area is 100 Å². The lowest BCUT2D eigenvalue weighted by molar-refractivity contribution is 0.449. The number of hydrogen-bond donors (Lipinski definition) is 1. The standard InChI is InChI=1S/C12H17N5/c1-16-7-4-12(15-16)17-9-14-8-11(17)10-2-5-13-6-3-10/h4,7-10,13H,2-3,5-6H2,1H3. The smallest absolute Gasteiger partial charge is 0.160 e. The Hall–Kier alpha value is -1.62. The predicted molar refractivity (Wildman–Crippen MR) is 65.2 cm³/mol. The molecule has 5 nitrogen and oxygen atoms in total. The second-order valence-electron chi connectivity index (χ2n) is 4.56. The molecule has 0 aromatic carbocycles. The SMILES string of the molecule is Cn1ccc(-n2cncc2C2CCNCC2)n1. The maximum absolute atomic E-state index is 4.43. The van der Waals surface area contributed by atoms with E-state index in [0.29, 0.717) is 5.92 Å². The maximum atomic E-state index is 4.43. The van der Waals surface area contributed by atoms with Gasteiger partial charge in [0.25, 0.3) is 0 Å². The van der Waals surface area contributed by atoms with Crippen LogP contribution in [-0.4, -0.2) is 32.4 Å². The third-order valence-electron chi connectivity index (χ3n) is 3.37. The number of aromatic nitrogens is 4. The van der Waals surface area contributed by atoms with Crippen molar-refractivity contribution in [2.24, 2.45) is 7.05 Å². The van der Waals surface area contributed by atoms with Gasteiger partial charge in [0.1, 0.15) is 6.33 Å². The van der Waals surface area contributed by atoms with Gasteiger partial charge in [-0.1, -0.05) is 0 Å². The number of rotatable bonds is 2. The van der Waals surface area contributed by atoms with E-state index in [9.17, 15) is 0 Å². The molecular formula is C12H17N5. The van der Waals surface area contributed by atoms with Gasteiger partial charge < -0.3 is 5.32 Å². The molecule has 0 atom stereocenters. The molecule has 1 aliphatic heterocycles. The van der Waals surface area contributed by atoms with E-state index >= 15 is 0 Å². The highest BCUT2D eigenvalue weighted by Gasteiger charge is 2.19. The third kappa shape index (κ3) is 1.98. The third-order valence-corrected chi connectivity index (χ3v) is 3.37. The molecule has 1 fully saturated rings. The average Bonchev–Trinajstić information content (AvgIpc) is 2.98. The van der Waals surface area contributed by atoms with Gasteiger partial charge in [0.15, 0.2) is 5.82 Å². The molecule has 0 unspecified atom stereocenters. The summed E-state index contributed by atoms with van der Waals surface area (Å²) >= 11 is 0. The minimum atomic E-state index is 0.598. The van der Waals surface area contributed by atoms with E-state index in [2.05, 4.69) is 20.0 Å². The van der Waals surface area contributed by atoms with Crippen molar-refractivity contribution in [3.8, 4) is 5.82 Å². The highest BCUT2D eigenvalue weighted by atomic mass is 15.3. The number of nitrogens with zero attached hydrogens (tertiary/aromatic N) is 4. The summed E-state index contributed by atoms with van der Waals surface area (Å²) in [6.07, 6.45) is 8.16. The van der Waals surface area contributed by atoms with Crippen LogP contribution in [0.5, 0.6) is 0 Å². The fourth-order valence-corrected chi connectivity index (χ4v) is 2.45. The van der Waals surface area contributed by atoms with Gasteiger partial charge in [-0.2, -0.15) is 5.10 Å². The molecule has 5 heteroatoms. The first kappa shape index (κ1) is 10.5. The summed E-state index contributed by atoms with van der Waals surface area (Å²) in [6.45, 7) is 2.19. The highest BCUT2D eigenvalue weighted by Crippen LogP contribution is 2.26. The Morgan fingerprint density at radius 2 is 2.18 bits per heavy atom. The molecule has 2 aromatic heterocycles. The Bertz CT molecular complexity index is 492. The van der Waals surface area contributed by atoms with E-state index in [4.69, 9.17) is 0 Å². The molecule has 0 aliphatic carbocycles. The molecule has 0 amide bonds. The fourth-order valence-electron chi connectivity index (χ4n) is 2.45. The van der Waals surface area contributed by atoms with Crippen LogP contribution < -0.4 is 5.32 Å². The van der Waals surface area contributed by atoms with Crippen molar-refractivity contribution < 1.29 is 0 Å². The summed E-state index contributed by atoms with van der Waals surface area (Å²) in [6, 6.07) is 2.02. The zero-order valence-electron chi connectivity index (χ0n) is 10.0. The average molecular weight is 231 g/mol. The number of hydrogen-bond acceptors (Lipinski definition) is 3. The molecule has 3 heterocycles. The fraction of sp³-hybridized carbons (Fsp3) is 0.500. The molecule has 17 heavy (non-hydrogen) atoms. The van der Waals surface area contributed by atoms with E-state index in [1.165, 1.54) is 18.5 Å². The number of piperidine rings is 1. The minimum Gasteiger partial charge on any atom is -0.317 e. The van der Waals surface area contributed by atoms with Gasteiger partial charge in [0.2, 0.25) is 0 Å². The number of imidazole rings is 1. The lowest BCUT2D eigenvalue weighted by atomic mass is 9.95. The van der Waals surface area contributed by atoms with Crippen molar-refractivity contribution in [3.05, 3.63) is 30.5 Å². The van der Waals surface area contributed by atoms with Crippen LogP contribution in [0.15, 0.2) is 24.8 Å². The summed E-state index contributed by atoms with van der Waals surface area (Å²) in [4.78, 5) is 4.28. The number of aryl methyl sites for hydroxylation is 1. The molecule has 2 aromatic rings. The molecule has 90 valence electrons. The summed E-state index contributed by atoms with van der Waals surface area (Å²) in [5, 5.41) is 7.82. The monoisotopic (exact) mass is 231 g/mol. The normalized spacial score (nSPS) is 17.5. The summed E-state index contributed by atoms with van der Waals surface area (Å²) in [5.74, 6) is 1.55. The van der Waals surface area contributed by atoms with E-state index in [1.54, 1.807) is 0 Å². The van der Waals surface area contributed by atoms with Crippen LogP contribution in [0.1, 0.15) is 24.5 Å². The topological polar surface area (TPSA) is 47.7 Å². The molecule has 0 radical (unpaired) electrons. The molecule has 0 spiro atoms. The van der Waals surface area contributed by atoms with Crippen LogP contribution in [0.2, 0.25) is 0 Å². The van der Waals surface area contributed by atoms with Crippen molar-refractivity contribution in [2.75, 3.05) is 13.1 Å². The molecule has 0 bridgehead atoms. The van der Waals surface area contributed by atoms with Crippen LogP contribution in [-0.2, 0) is 7.05 Å². The first-order valence-corrected chi connectivity index (χ1v) is 6.07. The quantitative estimate of drug-likeness (QED) is 0.841. The Morgan fingerprint density at radius 1 is 1.35 bits per heavy atom. The molecule has 0 saturated carbocycles. The van der Waals surface area contributed by atoms with Gasteiger partial charge in [-0.3, -0.25) is 9.25 Å². The van der Waals surface area contributed by atoms with Gasteiger partial charge in [0.05, 0.1) is 0 Å². The van der Waals surface area contributed by atoms with E-state index in [0.717, 1.165) is 18.9 Å². The summed E-state index contributed by atoms with van der Waals surface area (Å²) in [5.41, 5.74) is 1.28. The number of nitrogens with one attached hydrogen (secondary N) is 1. The second kappa shape index (κ2) is 4.33. The van der Waals surface area contributed by atoms with E-state index in [-0.39, 0.29) is 0 Å². The Morgan fingerprint density at radius 3 is 2.88 bits per heavy atom. The Kier molecular flexibility index (Phi) is 2.68. The van der Waals surface area contributed by atoms with Gasteiger partial charge >= 0.3 is 0 Å². The van der Waals surface area contributed by atoms with E-state index in [1.807, 2.05) is 36.5 Å². The van der Waals surface area contributed by atoms with Crippen molar-refractivity contribution in [3.63, 3.8) is 0 Å². The van der Waals surface area contributed by atoms with E-state index < -0.39 is 0 Å². The maximum Gasteiger partial charge on any atom is 0.160 e. The van der Waals surface area contributed by atoms with Crippen LogP contribution >= 0.6 is 0 Å². The van der Waals surface area contributed by atoms with Crippen molar-refractivity contribution in [1.29, 1.82) is 0 Å². The Balaban J connectivity index is 1.93. The van der Waals surface area contributed by atoms with Gasteiger partial charge in [0, 0.05) is 37.1 Å². The van der Waals surface area contributed by atoms with Crippen LogP contribution in [0.25, 0.3) is 5.82 Å². The highest BCUT2D eigenvalue weighted by molar-refractivity contribution is 5.25. The summed E-state index contributed by atoms with van der Waals surface area (Å²) < 4.78 is 3.93. The zero-order chi connectivity index (χ0) is 11.7. The molecule has 1 N–H and O–H groups in total. The van der Waals surface area contributed by atoms with Crippen molar-refractivity contribution >= 4 is 0 Å².